The fraction of sp³-hybridized carbons (Fsp3) is 0.611. The molecule has 0 aromatic carbocycles. The molecular formula is C18H25N5O3S. The minimum atomic E-state index is -3.52. The second-order valence-electron chi connectivity index (χ2n) is 7.45. The third kappa shape index (κ3) is 3.98. The van der Waals surface area contributed by atoms with Crippen LogP contribution in [0.4, 0.5) is 0 Å². The number of piperidine rings is 1. The van der Waals surface area contributed by atoms with E-state index in [0.29, 0.717) is 43.2 Å². The van der Waals surface area contributed by atoms with Gasteiger partial charge in [0.05, 0.1) is 12.3 Å². The van der Waals surface area contributed by atoms with Crippen LogP contribution in [0.25, 0.3) is 0 Å². The van der Waals surface area contributed by atoms with E-state index in [4.69, 9.17) is 4.74 Å². The Balaban J connectivity index is 1.31. The van der Waals surface area contributed by atoms with E-state index in [1.807, 2.05) is 6.07 Å². The SMILES string of the molecule is Cc1nc(S(=O)(=O)N2CCC(COc3cc(C4CC4)ncn3)CC2)cn1C. The Kier molecular flexibility index (Phi) is 4.90. The van der Waals surface area contributed by atoms with E-state index < -0.39 is 10.0 Å². The molecule has 2 aromatic heterocycles. The maximum absolute atomic E-state index is 12.7. The van der Waals surface area contributed by atoms with Gasteiger partial charge in [-0.05, 0) is 38.5 Å². The number of imidazole rings is 1. The van der Waals surface area contributed by atoms with Gasteiger partial charge in [0.15, 0.2) is 5.03 Å². The molecule has 2 aliphatic rings. The number of ether oxygens (including phenoxy) is 1. The second-order valence-corrected chi connectivity index (χ2v) is 9.34. The summed E-state index contributed by atoms with van der Waals surface area (Å²) in [5.41, 5.74) is 1.06. The smallest absolute Gasteiger partial charge is 0.262 e. The lowest BCUT2D eigenvalue weighted by molar-refractivity contribution is 0.180. The topological polar surface area (TPSA) is 90.2 Å². The van der Waals surface area contributed by atoms with Crippen LogP contribution < -0.4 is 4.74 Å². The van der Waals surface area contributed by atoms with Crippen LogP contribution in [-0.4, -0.2) is 51.9 Å². The summed E-state index contributed by atoms with van der Waals surface area (Å²) in [7, 11) is -1.72. The first kappa shape index (κ1) is 18.4. The first-order valence-corrected chi connectivity index (χ1v) is 10.8. The number of aromatic nitrogens is 4. The van der Waals surface area contributed by atoms with Gasteiger partial charge < -0.3 is 9.30 Å². The molecule has 4 rings (SSSR count). The van der Waals surface area contributed by atoms with Crippen molar-refractivity contribution in [3.8, 4) is 5.88 Å². The van der Waals surface area contributed by atoms with E-state index in [-0.39, 0.29) is 5.03 Å². The average molecular weight is 391 g/mol. The Hall–Kier alpha value is -2.00. The Labute approximate surface area is 159 Å². The molecule has 9 heteroatoms. The monoisotopic (exact) mass is 391 g/mol. The van der Waals surface area contributed by atoms with E-state index in [1.165, 1.54) is 17.1 Å². The van der Waals surface area contributed by atoms with E-state index in [2.05, 4.69) is 15.0 Å². The van der Waals surface area contributed by atoms with Gasteiger partial charge in [0.2, 0.25) is 5.88 Å². The highest BCUT2D eigenvalue weighted by molar-refractivity contribution is 7.89. The van der Waals surface area contributed by atoms with Crippen LogP contribution in [0.15, 0.2) is 23.6 Å². The first-order chi connectivity index (χ1) is 12.9. The van der Waals surface area contributed by atoms with Crippen molar-refractivity contribution in [1.29, 1.82) is 0 Å². The summed E-state index contributed by atoms with van der Waals surface area (Å²) in [5, 5.41) is 0.130. The molecule has 27 heavy (non-hydrogen) atoms. The summed E-state index contributed by atoms with van der Waals surface area (Å²) in [6.45, 7) is 3.33. The minimum Gasteiger partial charge on any atom is -0.477 e. The predicted octanol–water partition coefficient (Wildman–Crippen LogP) is 1.88. The molecule has 0 bridgehead atoms. The zero-order valence-corrected chi connectivity index (χ0v) is 16.5. The molecular weight excluding hydrogens is 366 g/mol. The molecule has 1 aliphatic heterocycles. The fourth-order valence-electron chi connectivity index (χ4n) is 3.34. The molecule has 1 saturated heterocycles. The molecule has 2 aromatic rings. The molecule has 8 nitrogen and oxygen atoms in total. The summed E-state index contributed by atoms with van der Waals surface area (Å²) < 4.78 is 34.6. The highest BCUT2D eigenvalue weighted by atomic mass is 32.2. The van der Waals surface area contributed by atoms with Gasteiger partial charge >= 0.3 is 0 Å². The molecule has 0 spiro atoms. The average Bonchev–Trinajstić information content (AvgIpc) is 3.46. The number of hydrogen-bond donors (Lipinski definition) is 0. The van der Waals surface area contributed by atoms with E-state index in [0.717, 1.165) is 18.5 Å². The molecule has 3 heterocycles. The quantitative estimate of drug-likeness (QED) is 0.747. The van der Waals surface area contributed by atoms with Gasteiger partial charge in [-0.3, -0.25) is 0 Å². The van der Waals surface area contributed by atoms with E-state index in [1.54, 1.807) is 31.1 Å². The largest absolute Gasteiger partial charge is 0.477 e. The molecule has 0 N–H and O–H groups in total. The van der Waals surface area contributed by atoms with Gasteiger partial charge in [-0.15, -0.1) is 0 Å². The number of aryl methyl sites for hydroxylation is 2. The molecule has 0 unspecified atom stereocenters. The van der Waals surface area contributed by atoms with Crippen LogP contribution in [0.1, 0.15) is 43.1 Å². The number of nitrogens with zero attached hydrogens (tertiary/aromatic N) is 5. The van der Waals surface area contributed by atoms with Gasteiger partial charge in [0, 0.05) is 38.3 Å². The summed E-state index contributed by atoms with van der Waals surface area (Å²) in [4.78, 5) is 12.7. The van der Waals surface area contributed by atoms with Gasteiger partial charge in [-0.1, -0.05) is 0 Å². The molecule has 0 amide bonds. The van der Waals surface area contributed by atoms with Crippen LogP contribution >= 0.6 is 0 Å². The number of hydrogen-bond acceptors (Lipinski definition) is 6. The van der Waals surface area contributed by atoms with Gasteiger partial charge in [-0.25, -0.2) is 23.4 Å². The fourth-order valence-corrected chi connectivity index (χ4v) is 4.83. The van der Waals surface area contributed by atoms with Crippen molar-refractivity contribution in [2.45, 2.75) is 43.6 Å². The van der Waals surface area contributed by atoms with Crippen LogP contribution in [0.5, 0.6) is 5.88 Å². The lowest BCUT2D eigenvalue weighted by Crippen LogP contribution is -2.39. The molecule has 0 radical (unpaired) electrons. The first-order valence-electron chi connectivity index (χ1n) is 9.38. The van der Waals surface area contributed by atoms with Crippen molar-refractivity contribution in [1.82, 2.24) is 23.8 Å². The Morgan fingerprint density at radius 1 is 1.19 bits per heavy atom. The van der Waals surface area contributed by atoms with Crippen molar-refractivity contribution in [3.05, 3.63) is 30.1 Å². The normalized spacial score (nSPS) is 19.3. The van der Waals surface area contributed by atoms with Crippen molar-refractivity contribution >= 4 is 10.0 Å². The zero-order valence-electron chi connectivity index (χ0n) is 15.7. The summed E-state index contributed by atoms with van der Waals surface area (Å²) in [5.74, 6) is 2.19. The molecule has 2 fully saturated rings. The second kappa shape index (κ2) is 7.20. The zero-order chi connectivity index (χ0) is 19.0. The van der Waals surface area contributed by atoms with E-state index >= 15 is 0 Å². The number of rotatable bonds is 6. The molecule has 146 valence electrons. The van der Waals surface area contributed by atoms with Gasteiger partial charge in [0.1, 0.15) is 12.2 Å². The maximum Gasteiger partial charge on any atom is 0.262 e. The summed E-state index contributed by atoms with van der Waals surface area (Å²) >= 11 is 0. The molecule has 1 saturated carbocycles. The summed E-state index contributed by atoms with van der Waals surface area (Å²) in [6, 6.07) is 1.93. The van der Waals surface area contributed by atoms with Crippen LogP contribution in [0.2, 0.25) is 0 Å². The Morgan fingerprint density at radius 2 is 1.93 bits per heavy atom. The molecule has 1 aliphatic carbocycles. The number of sulfonamides is 1. The lowest BCUT2D eigenvalue weighted by Gasteiger charge is -2.30. The summed E-state index contributed by atoms with van der Waals surface area (Å²) in [6.07, 6.45) is 7.06. The van der Waals surface area contributed by atoms with Crippen LogP contribution in [-0.2, 0) is 17.1 Å². The maximum atomic E-state index is 12.7. The van der Waals surface area contributed by atoms with Crippen molar-refractivity contribution in [3.63, 3.8) is 0 Å². The lowest BCUT2D eigenvalue weighted by atomic mass is 9.99. The van der Waals surface area contributed by atoms with Gasteiger partial charge in [0.25, 0.3) is 10.0 Å². The van der Waals surface area contributed by atoms with Gasteiger partial charge in [-0.2, -0.15) is 4.31 Å². The standard InChI is InChI=1S/C18H25N5O3S/c1-13-21-18(10-22(13)2)27(24,25)23-7-5-14(6-8-23)11-26-17-9-16(15-3-4-15)19-12-20-17/h9-10,12,14-15H,3-8,11H2,1-2H3. The molecule has 0 atom stereocenters. The van der Waals surface area contributed by atoms with Crippen molar-refractivity contribution in [2.24, 2.45) is 13.0 Å². The predicted molar refractivity (Wildman–Crippen MR) is 98.9 cm³/mol. The third-order valence-electron chi connectivity index (χ3n) is 5.39. The van der Waals surface area contributed by atoms with Crippen molar-refractivity contribution in [2.75, 3.05) is 19.7 Å². The van der Waals surface area contributed by atoms with Crippen molar-refractivity contribution < 1.29 is 13.2 Å². The minimum absolute atomic E-state index is 0.130. The highest BCUT2D eigenvalue weighted by Crippen LogP contribution is 2.39. The van der Waals surface area contributed by atoms with Crippen LogP contribution in [0.3, 0.4) is 0 Å². The van der Waals surface area contributed by atoms with E-state index in [9.17, 15) is 8.42 Å². The highest BCUT2D eigenvalue weighted by Gasteiger charge is 2.31. The Bertz CT molecular complexity index is 895. The van der Waals surface area contributed by atoms with Crippen LogP contribution in [0, 0.1) is 12.8 Å². The Morgan fingerprint density at radius 3 is 2.56 bits per heavy atom. The third-order valence-corrected chi connectivity index (χ3v) is 7.16.